The maximum Gasteiger partial charge on any atom is 0.287 e. The molecule has 1 N–H and O–H groups in total. The average molecular weight is 377 g/mol. The van der Waals surface area contributed by atoms with Gasteiger partial charge in [-0.3, -0.25) is 4.79 Å². The van der Waals surface area contributed by atoms with E-state index in [0.29, 0.717) is 29.1 Å². The second kappa shape index (κ2) is 9.62. The molecule has 2 rings (SSSR count). The Morgan fingerprint density at radius 1 is 1.27 bits per heavy atom. The number of hydrogen-bond donors (Lipinski definition) is 1. The molecule has 0 saturated heterocycles. The van der Waals surface area contributed by atoms with Crippen molar-refractivity contribution < 1.29 is 9.21 Å². The van der Waals surface area contributed by atoms with Crippen LogP contribution in [0.2, 0.25) is 0 Å². The van der Waals surface area contributed by atoms with Crippen LogP contribution in [0.25, 0.3) is 0 Å². The van der Waals surface area contributed by atoms with Gasteiger partial charge in [0.2, 0.25) is 0 Å². The third kappa shape index (κ3) is 5.76. The van der Waals surface area contributed by atoms with Crippen LogP contribution in [-0.2, 0) is 5.75 Å². The smallest absolute Gasteiger partial charge is 0.287 e. The first-order chi connectivity index (χ1) is 12.4. The minimum Gasteiger partial charge on any atom is -0.455 e. The molecule has 0 saturated carbocycles. The van der Waals surface area contributed by atoms with Crippen molar-refractivity contribution in [3.8, 4) is 0 Å². The Kier molecular flexibility index (Phi) is 7.50. The second-order valence-corrected chi connectivity index (χ2v) is 7.42. The number of nitrogens with one attached hydrogen (secondary N) is 1. The van der Waals surface area contributed by atoms with Crippen LogP contribution < -0.4 is 10.2 Å². The number of furan rings is 1. The predicted octanol–water partition coefficient (Wildman–Crippen LogP) is 3.90. The zero-order valence-electron chi connectivity index (χ0n) is 16.2. The van der Waals surface area contributed by atoms with E-state index >= 15 is 0 Å². The SMILES string of the molecule is CCN(CC)c1cc(C)nc(SCc2ccc(C(=O)NCC(C)C)o2)n1. The topological polar surface area (TPSA) is 71.3 Å². The third-order valence-corrected chi connectivity index (χ3v) is 4.68. The molecule has 0 radical (unpaired) electrons. The van der Waals surface area contributed by atoms with E-state index in [1.807, 2.05) is 19.1 Å². The fourth-order valence-electron chi connectivity index (χ4n) is 2.40. The third-order valence-electron chi connectivity index (χ3n) is 3.81. The van der Waals surface area contributed by atoms with Gasteiger partial charge in [0, 0.05) is 31.4 Å². The molecule has 0 aliphatic heterocycles. The highest BCUT2D eigenvalue weighted by Gasteiger charge is 2.13. The number of aryl methyl sites for hydroxylation is 1. The van der Waals surface area contributed by atoms with Crippen molar-refractivity contribution in [2.75, 3.05) is 24.5 Å². The van der Waals surface area contributed by atoms with E-state index in [1.54, 1.807) is 6.07 Å². The zero-order chi connectivity index (χ0) is 19.1. The molecular formula is C19H28N4O2S. The summed E-state index contributed by atoms with van der Waals surface area (Å²) in [5.41, 5.74) is 0.942. The van der Waals surface area contributed by atoms with Gasteiger partial charge in [-0.25, -0.2) is 9.97 Å². The quantitative estimate of drug-likeness (QED) is 0.529. The number of hydrogen-bond acceptors (Lipinski definition) is 6. The van der Waals surface area contributed by atoms with Crippen LogP contribution in [0.4, 0.5) is 5.82 Å². The van der Waals surface area contributed by atoms with Crippen LogP contribution in [0.5, 0.6) is 0 Å². The van der Waals surface area contributed by atoms with Crippen LogP contribution in [0.3, 0.4) is 0 Å². The lowest BCUT2D eigenvalue weighted by Gasteiger charge is -2.20. The Morgan fingerprint density at radius 2 is 2.00 bits per heavy atom. The number of anilines is 1. The lowest BCUT2D eigenvalue weighted by molar-refractivity contribution is 0.0920. The first-order valence-corrected chi connectivity index (χ1v) is 10.0. The Hall–Kier alpha value is -2.02. The molecule has 1 amide bonds. The van der Waals surface area contributed by atoms with E-state index in [4.69, 9.17) is 4.42 Å². The fraction of sp³-hybridized carbons (Fsp3) is 0.526. The van der Waals surface area contributed by atoms with Gasteiger partial charge < -0.3 is 14.6 Å². The molecule has 0 aromatic carbocycles. The molecular weight excluding hydrogens is 348 g/mol. The molecule has 0 aliphatic rings. The fourth-order valence-corrected chi connectivity index (χ4v) is 3.19. The normalized spacial score (nSPS) is 11.0. The Bertz CT molecular complexity index is 726. The monoisotopic (exact) mass is 376 g/mol. The highest BCUT2D eigenvalue weighted by Crippen LogP contribution is 2.23. The van der Waals surface area contributed by atoms with Gasteiger partial charge in [-0.05, 0) is 38.8 Å². The summed E-state index contributed by atoms with van der Waals surface area (Å²) in [5.74, 6) is 2.83. The van der Waals surface area contributed by atoms with Crippen molar-refractivity contribution in [3.63, 3.8) is 0 Å². The minimum absolute atomic E-state index is 0.175. The van der Waals surface area contributed by atoms with Crippen molar-refractivity contribution in [2.45, 2.75) is 45.5 Å². The summed E-state index contributed by atoms with van der Waals surface area (Å²) in [4.78, 5) is 23.4. The van der Waals surface area contributed by atoms with E-state index in [9.17, 15) is 4.79 Å². The van der Waals surface area contributed by atoms with Crippen LogP contribution >= 0.6 is 11.8 Å². The van der Waals surface area contributed by atoms with Crippen LogP contribution in [0.1, 0.15) is 49.7 Å². The molecule has 0 spiro atoms. The molecule has 7 heteroatoms. The van der Waals surface area contributed by atoms with Crippen LogP contribution in [0, 0.1) is 12.8 Å². The first kappa shape index (κ1) is 20.3. The van der Waals surface area contributed by atoms with E-state index in [2.05, 4.69) is 47.9 Å². The number of thioether (sulfide) groups is 1. The first-order valence-electron chi connectivity index (χ1n) is 9.03. The van der Waals surface area contributed by atoms with Crippen molar-refractivity contribution in [2.24, 2.45) is 5.92 Å². The maximum atomic E-state index is 12.0. The van der Waals surface area contributed by atoms with Gasteiger partial charge in [0.1, 0.15) is 11.6 Å². The van der Waals surface area contributed by atoms with Gasteiger partial charge in [-0.1, -0.05) is 25.6 Å². The summed E-state index contributed by atoms with van der Waals surface area (Å²) in [6, 6.07) is 5.55. The molecule has 2 aromatic heterocycles. The van der Waals surface area contributed by atoms with E-state index in [-0.39, 0.29) is 5.91 Å². The maximum absolute atomic E-state index is 12.0. The van der Waals surface area contributed by atoms with Crippen LogP contribution in [-0.4, -0.2) is 35.5 Å². The van der Waals surface area contributed by atoms with Gasteiger partial charge in [0.15, 0.2) is 10.9 Å². The molecule has 2 heterocycles. The number of carbonyl (C=O) groups excluding carboxylic acids is 1. The molecule has 0 aliphatic carbocycles. The van der Waals surface area contributed by atoms with Crippen molar-refractivity contribution in [1.29, 1.82) is 0 Å². The minimum atomic E-state index is -0.175. The lowest BCUT2D eigenvalue weighted by Crippen LogP contribution is -2.26. The van der Waals surface area contributed by atoms with Gasteiger partial charge in [0.05, 0.1) is 5.75 Å². The second-order valence-electron chi connectivity index (χ2n) is 6.48. The van der Waals surface area contributed by atoms with Gasteiger partial charge in [-0.15, -0.1) is 0 Å². The van der Waals surface area contributed by atoms with Crippen molar-refractivity contribution in [3.05, 3.63) is 35.4 Å². The Labute approximate surface area is 159 Å². The van der Waals surface area contributed by atoms with Crippen LogP contribution in [0.15, 0.2) is 27.8 Å². The largest absolute Gasteiger partial charge is 0.455 e. The predicted molar refractivity (Wildman–Crippen MR) is 106 cm³/mol. The molecule has 2 aromatic rings. The molecule has 0 fully saturated rings. The van der Waals surface area contributed by atoms with E-state index < -0.39 is 0 Å². The van der Waals surface area contributed by atoms with Crippen molar-refractivity contribution in [1.82, 2.24) is 15.3 Å². The lowest BCUT2D eigenvalue weighted by atomic mass is 10.2. The zero-order valence-corrected chi connectivity index (χ0v) is 17.0. The molecule has 0 unspecified atom stereocenters. The number of carbonyl (C=O) groups is 1. The highest BCUT2D eigenvalue weighted by molar-refractivity contribution is 7.98. The highest BCUT2D eigenvalue weighted by atomic mass is 32.2. The average Bonchev–Trinajstić information content (AvgIpc) is 3.07. The van der Waals surface area contributed by atoms with Gasteiger partial charge in [-0.2, -0.15) is 0 Å². The van der Waals surface area contributed by atoms with Crippen molar-refractivity contribution >= 4 is 23.5 Å². The molecule has 0 bridgehead atoms. The van der Waals surface area contributed by atoms with Gasteiger partial charge in [0.25, 0.3) is 5.91 Å². The standard InChI is InChI=1S/C19H28N4O2S/c1-6-23(7-2)17-10-14(5)21-19(22-17)26-12-15-8-9-16(25-15)18(24)20-11-13(3)4/h8-10,13H,6-7,11-12H2,1-5H3,(H,20,24). The molecule has 0 atom stereocenters. The summed E-state index contributed by atoms with van der Waals surface area (Å²) in [5, 5.41) is 3.57. The number of aromatic nitrogens is 2. The Balaban J connectivity index is 2.00. The summed E-state index contributed by atoms with van der Waals surface area (Å²) in [7, 11) is 0. The summed E-state index contributed by atoms with van der Waals surface area (Å²) >= 11 is 1.51. The number of amides is 1. The van der Waals surface area contributed by atoms with E-state index in [1.165, 1.54) is 11.8 Å². The molecule has 6 nitrogen and oxygen atoms in total. The molecule has 26 heavy (non-hydrogen) atoms. The number of nitrogens with zero attached hydrogens (tertiary/aromatic N) is 3. The van der Waals surface area contributed by atoms with E-state index in [0.717, 1.165) is 30.4 Å². The Morgan fingerprint density at radius 3 is 2.65 bits per heavy atom. The van der Waals surface area contributed by atoms with Gasteiger partial charge >= 0.3 is 0 Å². The number of rotatable bonds is 9. The molecule has 142 valence electrons. The summed E-state index contributed by atoms with van der Waals surface area (Å²) in [6.45, 7) is 12.8. The summed E-state index contributed by atoms with van der Waals surface area (Å²) in [6.07, 6.45) is 0. The summed E-state index contributed by atoms with van der Waals surface area (Å²) < 4.78 is 5.65.